The van der Waals surface area contributed by atoms with Crippen LogP contribution >= 0.6 is 28.1 Å². The summed E-state index contributed by atoms with van der Waals surface area (Å²) in [5.41, 5.74) is 7.58. The molecule has 0 aliphatic heterocycles. The van der Waals surface area contributed by atoms with Crippen molar-refractivity contribution in [3.63, 3.8) is 0 Å². The van der Waals surface area contributed by atoms with Gasteiger partial charge in [0, 0.05) is 0 Å². The first-order valence-corrected chi connectivity index (χ1v) is 8.80. The molecule has 6 heteroatoms. The highest BCUT2D eigenvalue weighted by Crippen LogP contribution is 2.38. The molecule has 0 aromatic heterocycles. The van der Waals surface area contributed by atoms with E-state index in [1.165, 1.54) is 0 Å². The van der Waals surface area contributed by atoms with Gasteiger partial charge in [-0.1, -0.05) is 42.5 Å². The number of nitriles is 1. The Morgan fingerprint density at radius 3 is 2.60 bits per heavy atom. The van der Waals surface area contributed by atoms with E-state index in [0.717, 1.165) is 15.6 Å². The molecule has 0 aliphatic carbocycles. The molecule has 0 radical (unpaired) electrons. The number of hydrogen-bond acceptors (Lipinski definition) is 4. The monoisotopic (exact) mass is 416 g/mol. The molecule has 0 fully saturated rings. The molecule has 0 saturated heterocycles. The fraction of sp³-hybridized carbons (Fsp3) is 0.158. The quantitative estimate of drug-likeness (QED) is 0.405. The van der Waals surface area contributed by atoms with Crippen molar-refractivity contribution >= 4 is 39.2 Å². The topological polar surface area (TPSA) is 68.3 Å². The fourth-order valence-corrected chi connectivity index (χ4v) is 2.81. The van der Waals surface area contributed by atoms with Crippen LogP contribution < -0.4 is 15.2 Å². The minimum atomic E-state index is 0.0565. The van der Waals surface area contributed by atoms with E-state index >= 15 is 0 Å². The molecule has 25 heavy (non-hydrogen) atoms. The van der Waals surface area contributed by atoms with Gasteiger partial charge in [0.15, 0.2) is 11.5 Å². The highest BCUT2D eigenvalue weighted by Gasteiger charge is 2.13. The van der Waals surface area contributed by atoms with Gasteiger partial charge in [-0.2, -0.15) is 5.26 Å². The average molecular weight is 417 g/mol. The first-order chi connectivity index (χ1) is 12.0. The van der Waals surface area contributed by atoms with E-state index in [9.17, 15) is 0 Å². The number of thiocarbonyl (C=S) groups is 1. The number of rotatable bonds is 7. The summed E-state index contributed by atoms with van der Waals surface area (Å²) >= 11 is 8.38. The summed E-state index contributed by atoms with van der Waals surface area (Å²) in [7, 11) is 0. The van der Waals surface area contributed by atoms with Crippen LogP contribution in [0.25, 0.3) is 6.08 Å². The van der Waals surface area contributed by atoms with Gasteiger partial charge in [0.25, 0.3) is 0 Å². The molecule has 128 valence electrons. The minimum Gasteiger partial charge on any atom is -0.490 e. The van der Waals surface area contributed by atoms with Crippen LogP contribution in [0, 0.1) is 11.3 Å². The van der Waals surface area contributed by atoms with Gasteiger partial charge >= 0.3 is 0 Å². The summed E-state index contributed by atoms with van der Waals surface area (Å²) in [4.78, 5) is 0.0565. The molecular weight excluding hydrogens is 400 g/mol. The molecule has 2 aromatic rings. The van der Waals surface area contributed by atoms with E-state index in [0.29, 0.717) is 24.7 Å². The maximum Gasteiger partial charge on any atom is 0.175 e. The second-order valence-corrected chi connectivity index (χ2v) is 6.37. The lowest BCUT2D eigenvalue weighted by Gasteiger charge is -2.15. The second kappa shape index (κ2) is 9.21. The lowest BCUT2D eigenvalue weighted by Crippen LogP contribution is -2.09. The molecular formula is C19H17BrN2O2S. The number of halogens is 1. The summed E-state index contributed by atoms with van der Waals surface area (Å²) in [6.45, 7) is 2.81. The third-order valence-electron chi connectivity index (χ3n) is 3.25. The second-order valence-electron chi connectivity index (χ2n) is 5.07. The predicted octanol–water partition coefficient (Wildman–Crippen LogP) is 4.62. The molecule has 0 atom stereocenters. The van der Waals surface area contributed by atoms with Crippen molar-refractivity contribution in [3.05, 3.63) is 63.6 Å². The molecule has 0 bridgehead atoms. The van der Waals surface area contributed by atoms with Crippen molar-refractivity contribution in [3.8, 4) is 17.6 Å². The number of hydrogen-bond donors (Lipinski definition) is 1. The Morgan fingerprint density at radius 2 is 2.00 bits per heavy atom. The minimum absolute atomic E-state index is 0.0565. The Hall–Kier alpha value is -2.36. The van der Waals surface area contributed by atoms with E-state index in [1.54, 1.807) is 12.1 Å². The van der Waals surface area contributed by atoms with Crippen LogP contribution in [0.5, 0.6) is 11.5 Å². The molecule has 0 saturated carbocycles. The van der Waals surface area contributed by atoms with Gasteiger partial charge in [-0.05, 0) is 52.2 Å². The Bertz CT molecular complexity index is 829. The molecule has 2 rings (SSSR count). The normalized spacial score (nSPS) is 10.8. The van der Waals surface area contributed by atoms with E-state index in [1.807, 2.05) is 49.4 Å². The summed E-state index contributed by atoms with van der Waals surface area (Å²) in [6.07, 6.45) is 1.62. The van der Waals surface area contributed by atoms with Crippen LogP contribution in [-0.2, 0) is 6.61 Å². The lowest BCUT2D eigenvalue weighted by molar-refractivity contribution is 0.267. The largest absolute Gasteiger partial charge is 0.490 e. The van der Waals surface area contributed by atoms with Crippen molar-refractivity contribution in [1.82, 2.24) is 0 Å². The Balaban J connectivity index is 2.34. The summed E-state index contributed by atoms with van der Waals surface area (Å²) < 4.78 is 12.3. The van der Waals surface area contributed by atoms with E-state index < -0.39 is 0 Å². The molecule has 4 nitrogen and oxygen atoms in total. The number of nitrogens with two attached hydrogens (primary N) is 1. The van der Waals surface area contributed by atoms with E-state index in [2.05, 4.69) is 15.9 Å². The maximum absolute atomic E-state index is 9.11. The van der Waals surface area contributed by atoms with Gasteiger partial charge < -0.3 is 15.2 Å². The van der Waals surface area contributed by atoms with E-state index in [4.69, 9.17) is 32.7 Å². The first-order valence-electron chi connectivity index (χ1n) is 7.59. The molecule has 0 aliphatic rings. The zero-order valence-corrected chi connectivity index (χ0v) is 16.1. The lowest BCUT2D eigenvalue weighted by atomic mass is 10.1. The van der Waals surface area contributed by atoms with Crippen LogP contribution in [0.2, 0.25) is 0 Å². The molecule has 0 unspecified atom stereocenters. The van der Waals surface area contributed by atoms with Crippen molar-refractivity contribution in [2.24, 2.45) is 5.73 Å². The van der Waals surface area contributed by atoms with Crippen molar-refractivity contribution in [2.45, 2.75) is 13.5 Å². The van der Waals surface area contributed by atoms with Gasteiger partial charge in [-0.25, -0.2) is 0 Å². The van der Waals surface area contributed by atoms with Crippen molar-refractivity contribution in [2.75, 3.05) is 6.61 Å². The zero-order valence-electron chi connectivity index (χ0n) is 13.7. The third-order valence-corrected chi connectivity index (χ3v) is 4.06. The standard InChI is InChI=1S/C19H17BrN2O2S/c1-2-23-17-10-14(8-15(11-21)19(22)25)9-16(20)18(17)24-12-13-6-4-3-5-7-13/h3-10H,2,12H2,1H3,(H2,22,25)/b15-8+. The van der Waals surface area contributed by atoms with Crippen LogP contribution in [-0.4, -0.2) is 11.6 Å². The Kier molecular flexibility index (Phi) is 6.99. The zero-order chi connectivity index (χ0) is 18.2. The molecule has 2 aromatic carbocycles. The van der Waals surface area contributed by atoms with Gasteiger partial charge in [0.05, 0.1) is 16.7 Å². The van der Waals surface area contributed by atoms with Gasteiger partial charge in [-0.3, -0.25) is 0 Å². The number of ether oxygens (including phenoxy) is 2. The molecule has 2 N–H and O–H groups in total. The Morgan fingerprint density at radius 1 is 1.28 bits per heavy atom. The van der Waals surface area contributed by atoms with Crippen LogP contribution in [0.4, 0.5) is 0 Å². The first kappa shape index (κ1) is 19.0. The third kappa shape index (κ3) is 5.31. The van der Waals surface area contributed by atoms with Gasteiger partial charge in [-0.15, -0.1) is 0 Å². The Labute approximate surface area is 161 Å². The van der Waals surface area contributed by atoms with Gasteiger partial charge in [0.2, 0.25) is 0 Å². The summed E-state index contributed by atoms with van der Waals surface area (Å²) in [5.74, 6) is 1.19. The smallest absolute Gasteiger partial charge is 0.175 e. The number of benzene rings is 2. The summed E-state index contributed by atoms with van der Waals surface area (Å²) in [6, 6.07) is 15.5. The highest BCUT2D eigenvalue weighted by atomic mass is 79.9. The molecule has 0 heterocycles. The van der Waals surface area contributed by atoms with E-state index in [-0.39, 0.29) is 10.6 Å². The average Bonchev–Trinajstić information content (AvgIpc) is 2.60. The fourth-order valence-electron chi connectivity index (χ4n) is 2.13. The van der Waals surface area contributed by atoms with Crippen LogP contribution in [0.15, 0.2) is 52.5 Å². The number of nitrogens with zero attached hydrogens (tertiary/aromatic N) is 1. The molecule has 0 amide bonds. The van der Waals surface area contributed by atoms with Crippen LogP contribution in [0.1, 0.15) is 18.1 Å². The predicted molar refractivity (Wildman–Crippen MR) is 106 cm³/mol. The van der Waals surface area contributed by atoms with Crippen molar-refractivity contribution in [1.29, 1.82) is 5.26 Å². The molecule has 0 spiro atoms. The summed E-state index contributed by atoms with van der Waals surface area (Å²) in [5, 5.41) is 9.11. The van der Waals surface area contributed by atoms with Crippen LogP contribution in [0.3, 0.4) is 0 Å². The maximum atomic E-state index is 9.11. The highest BCUT2D eigenvalue weighted by molar-refractivity contribution is 9.10. The van der Waals surface area contributed by atoms with Gasteiger partial charge in [0.1, 0.15) is 17.7 Å². The SMILES string of the molecule is CCOc1cc(/C=C(\C#N)C(N)=S)cc(Br)c1OCc1ccccc1. The van der Waals surface area contributed by atoms with Crippen molar-refractivity contribution < 1.29 is 9.47 Å².